The SMILES string of the molecule is CC(C)N1CCCC(CN(C)C)C1. The van der Waals surface area contributed by atoms with Gasteiger partial charge in [0.1, 0.15) is 0 Å². The monoisotopic (exact) mass is 184 g/mol. The van der Waals surface area contributed by atoms with Crippen LogP contribution in [0.4, 0.5) is 0 Å². The summed E-state index contributed by atoms with van der Waals surface area (Å²) in [6.45, 7) is 8.47. The minimum atomic E-state index is 0.727. The van der Waals surface area contributed by atoms with Gasteiger partial charge in [0.15, 0.2) is 0 Å². The molecular weight excluding hydrogens is 160 g/mol. The fourth-order valence-corrected chi connectivity index (χ4v) is 2.23. The van der Waals surface area contributed by atoms with Crippen LogP contribution < -0.4 is 0 Å². The maximum atomic E-state index is 2.61. The average molecular weight is 184 g/mol. The van der Waals surface area contributed by atoms with E-state index in [1.54, 1.807) is 0 Å². The van der Waals surface area contributed by atoms with E-state index in [0.29, 0.717) is 0 Å². The maximum absolute atomic E-state index is 2.61. The lowest BCUT2D eigenvalue weighted by atomic mass is 9.97. The van der Waals surface area contributed by atoms with Crippen molar-refractivity contribution < 1.29 is 0 Å². The molecule has 0 aromatic carbocycles. The molecule has 2 nitrogen and oxygen atoms in total. The molecule has 1 atom stereocenters. The third-order valence-electron chi connectivity index (χ3n) is 2.90. The van der Waals surface area contributed by atoms with E-state index in [2.05, 4.69) is 37.7 Å². The summed E-state index contributed by atoms with van der Waals surface area (Å²) in [5, 5.41) is 0. The third kappa shape index (κ3) is 3.65. The zero-order chi connectivity index (χ0) is 9.84. The molecule has 0 amide bonds. The predicted octanol–water partition coefficient (Wildman–Crippen LogP) is 1.67. The van der Waals surface area contributed by atoms with Crippen LogP contribution in [0.15, 0.2) is 0 Å². The van der Waals surface area contributed by atoms with Gasteiger partial charge in [-0.2, -0.15) is 0 Å². The number of nitrogens with zero attached hydrogens (tertiary/aromatic N) is 2. The van der Waals surface area contributed by atoms with Gasteiger partial charge in [0.25, 0.3) is 0 Å². The van der Waals surface area contributed by atoms with Crippen LogP contribution in [0.1, 0.15) is 26.7 Å². The fourth-order valence-electron chi connectivity index (χ4n) is 2.23. The lowest BCUT2D eigenvalue weighted by Gasteiger charge is -2.36. The van der Waals surface area contributed by atoms with Crippen LogP contribution in [-0.2, 0) is 0 Å². The van der Waals surface area contributed by atoms with Gasteiger partial charge >= 0.3 is 0 Å². The van der Waals surface area contributed by atoms with Crippen LogP contribution in [0.5, 0.6) is 0 Å². The Hall–Kier alpha value is -0.0800. The molecule has 1 unspecified atom stereocenters. The molecule has 13 heavy (non-hydrogen) atoms. The number of hydrogen-bond donors (Lipinski definition) is 0. The molecule has 1 rings (SSSR count). The van der Waals surface area contributed by atoms with E-state index in [-0.39, 0.29) is 0 Å². The van der Waals surface area contributed by atoms with Gasteiger partial charge in [0.05, 0.1) is 0 Å². The van der Waals surface area contributed by atoms with Crippen LogP contribution in [0.25, 0.3) is 0 Å². The molecule has 0 saturated carbocycles. The summed E-state index contributed by atoms with van der Waals surface area (Å²) in [6, 6.07) is 0.727. The van der Waals surface area contributed by atoms with Crippen LogP contribution in [-0.4, -0.2) is 49.6 Å². The smallest absolute Gasteiger partial charge is 0.00387 e. The molecule has 0 bridgehead atoms. The highest BCUT2D eigenvalue weighted by Crippen LogP contribution is 2.18. The van der Waals surface area contributed by atoms with Gasteiger partial charge in [-0.05, 0) is 53.2 Å². The summed E-state index contributed by atoms with van der Waals surface area (Å²) in [7, 11) is 4.35. The van der Waals surface area contributed by atoms with Crippen molar-refractivity contribution in [2.75, 3.05) is 33.7 Å². The summed E-state index contributed by atoms with van der Waals surface area (Å²) in [6.07, 6.45) is 2.80. The quantitative estimate of drug-likeness (QED) is 0.658. The van der Waals surface area contributed by atoms with E-state index in [9.17, 15) is 0 Å². The molecule has 78 valence electrons. The second-order valence-corrected chi connectivity index (χ2v) is 4.86. The van der Waals surface area contributed by atoms with Gasteiger partial charge < -0.3 is 9.80 Å². The van der Waals surface area contributed by atoms with Crippen molar-refractivity contribution in [3.63, 3.8) is 0 Å². The van der Waals surface area contributed by atoms with Crippen molar-refractivity contribution in [2.45, 2.75) is 32.7 Å². The molecule has 0 radical (unpaired) electrons. The minimum Gasteiger partial charge on any atom is -0.309 e. The Morgan fingerprint density at radius 2 is 2.08 bits per heavy atom. The maximum Gasteiger partial charge on any atom is 0.00387 e. The van der Waals surface area contributed by atoms with Crippen LogP contribution in [0.3, 0.4) is 0 Å². The lowest BCUT2D eigenvalue weighted by Crippen LogP contribution is -2.42. The molecule has 0 aromatic rings. The first-order valence-electron chi connectivity index (χ1n) is 5.48. The summed E-state index contributed by atoms with van der Waals surface area (Å²) < 4.78 is 0. The summed E-state index contributed by atoms with van der Waals surface area (Å²) in [5.41, 5.74) is 0. The first-order valence-corrected chi connectivity index (χ1v) is 5.48. The molecule has 1 aliphatic heterocycles. The largest absolute Gasteiger partial charge is 0.309 e. The van der Waals surface area contributed by atoms with Crippen molar-refractivity contribution in [1.29, 1.82) is 0 Å². The normalized spacial score (nSPS) is 25.8. The zero-order valence-corrected chi connectivity index (χ0v) is 9.58. The fraction of sp³-hybridized carbons (Fsp3) is 1.00. The van der Waals surface area contributed by atoms with Gasteiger partial charge in [-0.1, -0.05) is 0 Å². The number of rotatable bonds is 3. The molecule has 0 aliphatic carbocycles. The highest BCUT2D eigenvalue weighted by atomic mass is 15.2. The van der Waals surface area contributed by atoms with Crippen molar-refractivity contribution in [1.82, 2.24) is 9.80 Å². The molecule has 1 aliphatic rings. The van der Waals surface area contributed by atoms with E-state index in [4.69, 9.17) is 0 Å². The van der Waals surface area contributed by atoms with E-state index in [0.717, 1.165) is 12.0 Å². The first kappa shape index (κ1) is 11.0. The Morgan fingerprint density at radius 3 is 2.62 bits per heavy atom. The summed E-state index contributed by atoms with van der Waals surface area (Å²) in [5.74, 6) is 0.895. The molecule has 2 heteroatoms. The molecule has 0 N–H and O–H groups in total. The highest BCUT2D eigenvalue weighted by Gasteiger charge is 2.21. The van der Waals surface area contributed by atoms with Crippen LogP contribution in [0, 0.1) is 5.92 Å². The predicted molar refractivity (Wildman–Crippen MR) is 58.0 cm³/mol. The standard InChI is InChI=1S/C11H24N2/c1-10(2)13-7-5-6-11(9-13)8-12(3)4/h10-11H,5-9H2,1-4H3. The third-order valence-corrected chi connectivity index (χ3v) is 2.90. The Labute approximate surface area is 82.9 Å². The van der Waals surface area contributed by atoms with Crippen molar-refractivity contribution in [3.05, 3.63) is 0 Å². The van der Waals surface area contributed by atoms with Gasteiger partial charge in [0.2, 0.25) is 0 Å². The van der Waals surface area contributed by atoms with Crippen molar-refractivity contribution in [3.8, 4) is 0 Å². The zero-order valence-electron chi connectivity index (χ0n) is 9.58. The Morgan fingerprint density at radius 1 is 1.38 bits per heavy atom. The molecular formula is C11H24N2. The lowest BCUT2D eigenvalue weighted by molar-refractivity contribution is 0.123. The van der Waals surface area contributed by atoms with Crippen molar-refractivity contribution >= 4 is 0 Å². The number of hydrogen-bond acceptors (Lipinski definition) is 2. The van der Waals surface area contributed by atoms with E-state index in [1.165, 1.54) is 32.5 Å². The minimum absolute atomic E-state index is 0.727. The summed E-state index contributed by atoms with van der Waals surface area (Å²) >= 11 is 0. The average Bonchev–Trinajstić information content (AvgIpc) is 2.03. The molecule has 1 saturated heterocycles. The van der Waals surface area contributed by atoms with E-state index in [1.807, 2.05) is 0 Å². The van der Waals surface area contributed by atoms with Gasteiger partial charge in [0, 0.05) is 19.1 Å². The van der Waals surface area contributed by atoms with Gasteiger partial charge in [-0.15, -0.1) is 0 Å². The summed E-state index contributed by atoms with van der Waals surface area (Å²) in [4.78, 5) is 4.92. The molecule has 1 fully saturated rings. The van der Waals surface area contributed by atoms with Gasteiger partial charge in [-0.25, -0.2) is 0 Å². The van der Waals surface area contributed by atoms with E-state index >= 15 is 0 Å². The van der Waals surface area contributed by atoms with Crippen LogP contribution in [0.2, 0.25) is 0 Å². The number of piperidine rings is 1. The Kier molecular flexibility index (Phi) is 4.20. The Balaban J connectivity index is 2.33. The highest BCUT2D eigenvalue weighted by molar-refractivity contribution is 4.76. The first-order chi connectivity index (χ1) is 6.09. The number of likely N-dealkylation sites (tertiary alicyclic amines) is 1. The molecule has 1 heterocycles. The second kappa shape index (κ2) is 4.97. The van der Waals surface area contributed by atoms with Crippen molar-refractivity contribution in [2.24, 2.45) is 5.92 Å². The van der Waals surface area contributed by atoms with Crippen LogP contribution >= 0.6 is 0 Å². The Bertz CT molecular complexity index is 143. The molecule has 0 spiro atoms. The second-order valence-electron chi connectivity index (χ2n) is 4.86. The topological polar surface area (TPSA) is 6.48 Å². The van der Waals surface area contributed by atoms with E-state index < -0.39 is 0 Å². The van der Waals surface area contributed by atoms with Gasteiger partial charge in [-0.3, -0.25) is 0 Å². The molecule has 0 aromatic heterocycles.